The van der Waals surface area contributed by atoms with Gasteiger partial charge in [0.25, 0.3) is 0 Å². The minimum absolute atomic E-state index is 0.0384. The van der Waals surface area contributed by atoms with Crippen molar-refractivity contribution >= 4 is 17.8 Å². The van der Waals surface area contributed by atoms with Crippen molar-refractivity contribution < 1.29 is 19.1 Å². The summed E-state index contributed by atoms with van der Waals surface area (Å²) < 4.78 is 5.05. The lowest BCUT2D eigenvalue weighted by molar-refractivity contribution is -0.138. The molecular formula is C24H41N3O4. The summed E-state index contributed by atoms with van der Waals surface area (Å²) in [6.07, 6.45) is 7.70. The third-order valence-electron chi connectivity index (χ3n) is 6.91. The van der Waals surface area contributed by atoms with E-state index < -0.39 is 0 Å². The van der Waals surface area contributed by atoms with Crippen LogP contribution in [0.15, 0.2) is 11.6 Å². The SMILES string of the molecule is CCOC(=O)C(C)=C[C@H](C(C)C)N(C)C(=O)CNC(=O)C1CC2CCCCC2CN1C. The third kappa shape index (κ3) is 6.79. The largest absolute Gasteiger partial charge is 0.463 e. The molecule has 31 heavy (non-hydrogen) atoms. The van der Waals surface area contributed by atoms with E-state index in [1.54, 1.807) is 31.9 Å². The molecule has 0 aromatic carbocycles. The lowest BCUT2D eigenvalue weighted by atomic mass is 9.73. The molecule has 0 aromatic rings. The molecule has 2 amide bonds. The van der Waals surface area contributed by atoms with Crippen LogP contribution in [-0.2, 0) is 19.1 Å². The summed E-state index contributed by atoms with van der Waals surface area (Å²) in [4.78, 5) is 41.4. The Morgan fingerprint density at radius 3 is 2.45 bits per heavy atom. The van der Waals surface area contributed by atoms with Crippen LogP contribution >= 0.6 is 0 Å². The summed E-state index contributed by atoms with van der Waals surface area (Å²) in [5, 5.41) is 2.87. The molecule has 1 saturated carbocycles. The molecule has 2 rings (SSSR count). The van der Waals surface area contributed by atoms with Gasteiger partial charge in [0.05, 0.1) is 25.2 Å². The fraction of sp³-hybridized carbons (Fsp3) is 0.792. The van der Waals surface area contributed by atoms with Crippen molar-refractivity contribution in [2.75, 3.05) is 33.8 Å². The van der Waals surface area contributed by atoms with Gasteiger partial charge in [0.15, 0.2) is 0 Å². The Hall–Kier alpha value is -1.89. The van der Waals surface area contributed by atoms with E-state index in [0.29, 0.717) is 24.0 Å². The highest BCUT2D eigenvalue weighted by atomic mass is 16.5. The molecule has 0 spiro atoms. The number of likely N-dealkylation sites (tertiary alicyclic amines) is 1. The molecule has 4 atom stereocenters. The highest BCUT2D eigenvalue weighted by Gasteiger charge is 2.38. The first kappa shape index (κ1) is 25.4. The second kappa shape index (κ2) is 11.7. The number of rotatable bonds is 8. The first-order valence-electron chi connectivity index (χ1n) is 11.7. The zero-order chi connectivity index (χ0) is 23.1. The second-order valence-corrected chi connectivity index (χ2v) is 9.52. The zero-order valence-corrected chi connectivity index (χ0v) is 20.1. The van der Waals surface area contributed by atoms with Crippen LogP contribution in [0.3, 0.4) is 0 Å². The standard InChI is InChI=1S/C24H41N3O4/c1-7-31-24(30)17(4)12-20(16(2)3)27(6)22(28)14-25-23(29)21-13-18-10-8-9-11-19(18)15-26(21)5/h12,16,18-21H,7-11,13-15H2,1-6H3,(H,25,29)/t18?,19?,20-,21?/m1/s1. The van der Waals surface area contributed by atoms with Gasteiger partial charge in [-0.05, 0) is 51.5 Å². The highest BCUT2D eigenvalue weighted by molar-refractivity contribution is 5.89. The number of esters is 1. The van der Waals surface area contributed by atoms with Crippen LogP contribution in [0.1, 0.15) is 59.8 Å². The lowest BCUT2D eigenvalue weighted by Crippen LogP contribution is -2.54. The molecule has 1 aliphatic heterocycles. The Bertz CT molecular complexity index is 676. The van der Waals surface area contributed by atoms with Crippen LogP contribution in [0.2, 0.25) is 0 Å². The van der Waals surface area contributed by atoms with E-state index in [1.807, 2.05) is 20.9 Å². The van der Waals surface area contributed by atoms with Gasteiger partial charge < -0.3 is 15.0 Å². The highest BCUT2D eigenvalue weighted by Crippen LogP contribution is 2.38. The van der Waals surface area contributed by atoms with E-state index in [0.717, 1.165) is 13.0 Å². The summed E-state index contributed by atoms with van der Waals surface area (Å²) in [5.41, 5.74) is 0.482. The van der Waals surface area contributed by atoms with Gasteiger partial charge in [-0.1, -0.05) is 39.2 Å². The Morgan fingerprint density at radius 2 is 1.84 bits per heavy atom. The van der Waals surface area contributed by atoms with Crippen molar-refractivity contribution in [2.24, 2.45) is 17.8 Å². The number of fused-ring (bicyclic) bond motifs is 1. The smallest absolute Gasteiger partial charge is 0.333 e. The van der Waals surface area contributed by atoms with E-state index >= 15 is 0 Å². The molecule has 7 nitrogen and oxygen atoms in total. The summed E-state index contributed by atoms with van der Waals surface area (Å²) >= 11 is 0. The zero-order valence-electron chi connectivity index (χ0n) is 20.1. The number of hydrogen-bond acceptors (Lipinski definition) is 5. The average Bonchev–Trinajstić information content (AvgIpc) is 2.74. The molecule has 0 aromatic heterocycles. The van der Waals surface area contributed by atoms with Crippen LogP contribution in [0.5, 0.6) is 0 Å². The molecule has 1 heterocycles. The Balaban J connectivity index is 1.94. The monoisotopic (exact) mass is 435 g/mol. The van der Waals surface area contributed by atoms with Crippen LogP contribution in [0, 0.1) is 17.8 Å². The molecular weight excluding hydrogens is 394 g/mol. The predicted octanol–water partition coefficient (Wildman–Crippen LogP) is 2.61. The fourth-order valence-electron chi connectivity index (χ4n) is 5.00. The number of carbonyl (C=O) groups excluding carboxylic acids is 3. The van der Waals surface area contributed by atoms with Gasteiger partial charge in [0.2, 0.25) is 11.8 Å². The predicted molar refractivity (Wildman–Crippen MR) is 121 cm³/mol. The van der Waals surface area contributed by atoms with Gasteiger partial charge in [-0.3, -0.25) is 14.5 Å². The summed E-state index contributed by atoms with van der Waals surface area (Å²) in [5.74, 6) is 0.837. The van der Waals surface area contributed by atoms with E-state index in [9.17, 15) is 14.4 Å². The minimum atomic E-state index is -0.372. The van der Waals surface area contributed by atoms with Gasteiger partial charge >= 0.3 is 5.97 Å². The number of piperidine rings is 1. The fourth-order valence-corrected chi connectivity index (χ4v) is 5.00. The quantitative estimate of drug-likeness (QED) is 0.468. The molecule has 2 aliphatic rings. The first-order valence-corrected chi connectivity index (χ1v) is 11.7. The number of amides is 2. The molecule has 3 unspecified atom stereocenters. The van der Waals surface area contributed by atoms with Crippen molar-refractivity contribution in [3.8, 4) is 0 Å². The molecule has 0 radical (unpaired) electrons. The Labute approximate surface area is 187 Å². The molecule has 0 bridgehead atoms. The number of carbonyl (C=O) groups is 3. The minimum Gasteiger partial charge on any atom is -0.463 e. The van der Waals surface area contributed by atoms with Crippen LogP contribution in [0.25, 0.3) is 0 Å². The Kier molecular flexibility index (Phi) is 9.54. The first-order chi connectivity index (χ1) is 14.6. The van der Waals surface area contributed by atoms with Crippen LogP contribution < -0.4 is 5.32 Å². The van der Waals surface area contributed by atoms with Crippen LogP contribution in [-0.4, -0.2) is 73.5 Å². The normalized spacial score (nSPS) is 25.5. The van der Waals surface area contributed by atoms with Crippen molar-refractivity contribution in [3.63, 3.8) is 0 Å². The third-order valence-corrected chi connectivity index (χ3v) is 6.91. The van der Waals surface area contributed by atoms with Gasteiger partial charge in [-0.25, -0.2) is 4.79 Å². The van der Waals surface area contributed by atoms with Crippen molar-refractivity contribution in [1.29, 1.82) is 0 Å². The number of nitrogens with one attached hydrogen (secondary N) is 1. The number of ether oxygens (including phenoxy) is 1. The van der Waals surface area contributed by atoms with Gasteiger partial charge in [-0.15, -0.1) is 0 Å². The van der Waals surface area contributed by atoms with Gasteiger partial charge in [0, 0.05) is 19.2 Å². The second-order valence-electron chi connectivity index (χ2n) is 9.52. The number of hydrogen-bond donors (Lipinski definition) is 1. The van der Waals surface area contributed by atoms with Crippen molar-refractivity contribution in [3.05, 3.63) is 11.6 Å². The maximum absolute atomic E-state index is 12.9. The molecule has 1 N–H and O–H groups in total. The maximum atomic E-state index is 12.9. The average molecular weight is 436 g/mol. The summed E-state index contributed by atoms with van der Waals surface area (Å²) in [6.45, 7) is 8.70. The van der Waals surface area contributed by atoms with E-state index in [-0.39, 0.29) is 42.3 Å². The summed E-state index contributed by atoms with van der Waals surface area (Å²) in [6, 6.07) is -0.418. The lowest BCUT2D eigenvalue weighted by Gasteiger charge is -2.44. The van der Waals surface area contributed by atoms with Crippen molar-refractivity contribution in [2.45, 2.75) is 71.9 Å². The molecule has 7 heteroatoms. The maximum Gasteiger partial charge on any atom is 0.333 e. The molecule has 1 saturated heterocycles. The molecule has 2 fully saturated rings. The van der Waals surface area contributed by atoms with E-state index in [4.69, 9.17) is 4.74 Å². The van der Waals surface area contributed by atoms with Crippen molar-refractivity contribution in [1.82, 2.24) is 15.1 Å². The summed E-state index contributed by atoms with van der Waals surface area (Å²) in [7, 11) is 3.73. The van der Waals surface area contributed by atoms with Gasteiger partial charge in [-0.2, -0.15) is 0 Å². The van der Waals surface area contributed by atoms with Gasteiger partial charge in [0.1, 0.15) is 0 Å². The van der Waals surface area contributed by atoms with Crippen LogP contribution in [0.4, 0.5) is 0 Å². The number of likely N-dealkylation sites (N-methyl/N-ethyl adjacent to an activating group) is 2. The van der Waals surface area contributed by atoms with E-state index in [1.165, 1.54) is 25.7 Å². The number of nitrogens with zero attached hydrogens (tertiary/aromatic N) is 2. The molecule has 1 aliphatic carbocycles. The Morgan fingerprint density at radius 1 is 1.19 bits per heavy atom. The topological polar surface area (TPSA) is 79.0 Å². The van der Waals surface area contributed by atoms with E-state index in [2.05, 4.69) is 10.2 Å². The molecule has 176 valence electrons.